The SMILES string of the molecule is CCc1nccn1-c1c(N)c(C)nn1CC. The number of nitrogen functional groups attached to an aromatic ring is 1. The van der Waals surface area contributed by atoms with Crippen molar-refractivity contribution in [3.63, 3.8) is 0 Å². The molecule has 0 atom stereocenters. The summed E-state index contributed by atoms with van der Waals surface area (Å²) in [5.74, 6) is 1.93. The lowest BCUT2D eigenvalue weighted by molar-refractivity contribution is 0.627. The molecule has 2 heterocycles. The molecule has 0 saturated carbocycles. The largest absolute Gasteiger partial charge is 0.394 e. The van der Waals surface area contributed by atoms with Crippen molar-refractivity contribution in [1.29, 1.82) is 0 Å². The van der Waals surface area contributed by atoms with Crippen LogP contribution in [0.4, 0.5) is 5.69 Å². The van der Waals surface area contributed by atoms with Crippen LogP contribution in [-0.2, 0) is 13.0 Å². The van der Waals surface area contributed by atoms with Crippen LogP contribution in [0.1, 0.15) is 25.4 Å². The van der Waals surface area contributed by atoms with Gasteiger partial charge < -0.3 is 5.73 Å². The highest BCUT2D eigenvalue weighted by molar-refractivity contribution is 5.57. The van der Waals surface area contributed by atoms with Crippen LogP contribution in [0.2, 0.25) is 0 Å². The smallest absolute Gasteiger partial charge is 0.160 e. The van der Waals surface area contributed by atoms with Gasteiger partial charge in [-0.25, -0.2) is 9.67 Å². The Labute approximate surface area is 94.9 Å². The molecule has 0 bridgehead atoms. The van der Waals surface area contributed by atoms with Crippen molar-refractivity contribution in [2.75, 3.05) is 5.73 Å². The Morgan fingerprint density at radius 2 is 2.12 bits per heavy atom. The molecule has 5 heteroatoms. The maximum Gasteiger partial charge on any atom is 0.160 e. The predicted octanol–water partition coefficient (Wildman–Crippen LogP) is 1.54. The van der Waals surface area contributed by atoms with E-state index >= 15 is 0 Å². The molecule has 0 unspecified atom stereocenters. The zero-order valence-electron chi connectivity index (χ0n) is 9.94. The molecule has 0 amide bonds. The number of nitrogens with zero attached hydrogens (tertiary/aromatic N) is 4. The first-order valence-corrected chi connectivity index (χ1v) is 5.54. The molecule has 0 aromatic carbocycles. The van der Waals surface area contributed by atoms with E-state index in [9.17, 15) is 0 Å². The van der Waals surface area contributed by atoms with Gasteiger partial charge in [0.25, 0.3) is 0 Å². The van der Waals surface area contributed by atoms with Crippen LogP contribution in [0.25, 0.3) is 5.82 Å². The minimum absolute atomic E-state index is 0.731. The maximum absolute atomic E-state index is 6.06. The molecule has 0 aliphatic rings. The van der Waals surface area contributed by atoms with Crippen molar-refractivity contribution in [1.82, 2.24) is 19.3 Å². The van der Waals surface area contributed by atoms with E-state index in [2.05, 4.69) is 23.9 Å². The molecule has 2 N–H and O–H groups in total. The van der Waals surface area contributed by atoms with E-state index in [1.54, 1.807) is 6.20 Å². The van der Waals surface area contributed by atoms with Gasteiger partial charge >= 0.3 is 0 Å². The van der Waals surface area contributed by atoms with Crippen molar-refractivity contribution in [3.8, 4) is 5.82 Å². The molecule has 0 aliphatic carbocycles. The standard InChI is InChI=1S/C11H17N5/c1-4-9-13-6-7-15(9)11-10(12)8(3)14-16(11)5-2/h6-7H,4-5,12H2,1-3H3. The second kappa shape index (κ2) is 4.00. The summed E-state index contributed by atoms with van der Waals surface area (Å²) in [6.07, 6.45) is 4.60. The molecule has 86 valence electrons. The molecule has 0 saturated heterocycles. The van der Waals surface area contributed by atoms with Crippen LogP contribution < -0.4 is 5.73 Å². The van der Waals surface area contributed by atoms with Gasteiger partial charge in [-0.2, -0.15) is 5.10 Å². The third kappa shape index (κ3) is 1.48. The Kier molecular flexibility index (Phi) is 2.68. The zero-order chi connectivity index (χ0) is 11.7. The Bertz CT molecular complexity index is 494. The highest BCUT2D eigenvalue weighted by Crippen LogP contribution is 2.22. The van der Waals surface area contributed by atoms with E-state index in [0.29, 0.717) is 0 Å². The normalized spacial score (nSPS) is 10.9. The fraction of sp³-hybridized carbons (Fsp3) is 0.455. The molecular formula is C11H17N5. The first-order chi connectivity index (χ1) is 7.69. The molecule has 5 nitrogen and oxygen atoms in total. The number of hydrogen-bond acceptors (Lipinski definition) is 3. The van der Waals surface area contributed by atoms with Gasteiger partial charge in [-0.05, 0) is 13.8 Å². The van der Waals surface area contributed by atoms with Gasteiger partial charge in [0.1, 0.15) is 5.82 Å². The molecule has 16 heavy (non-hydrogen) atoms. The fourth-order valence-electron chi connectivity index (χ4n) is 1.85. The third-order valence-electron chi connectivity index (χ3n) is 2.71. The van der Waals surface area contributed by atoms with Gasteiger partial charge in [-0.15, -0.1) is 0 Å². The minimum Gasteiger partial charge on any atom is -0.394 e. The van der Waals surface area contributed by atoms with E-state index in [1.807, 2.05) is 22.4 Å². The van der Waals surface area contributed by atoms with Gasteiger partial charge in [0.2, 0.25) is 0 Å². The lowest BCUT2D eigenvalue weighted by Gasteiger charge is -2.09. The van der Waals surface area contributed by atoms with Crippen LogP contribution in [0.3, 0.4) is 0 Å². The molecular weight excluding hydrogens is 202 g/mol. The summed E-state index contributed by atoms with van der Waals surface area (Å²) >= 11 is 0. The van der Waals surface area contributed by atoms with Crippen LogP contribution in [0, 0.1) is 6.92 Å². The average molecular weight is 219 g/mol. The number of imidazole rings is 1. The van der Waals surface area contributed by atoms with E-state index in [1.165, 1.54) is 0 Å². The molecule has 0 aliphatic heterocycles. The third-order valence-corrected chi connectivity index (χ3v) is 2.71. The second-order valence-corrected chi connectivity index (χ2v) is 3.71. The van der Waals surface area contributed by atoms with Gasteiger partial charge in [-0.3, -0.25) is 4.57 Å². The van der Waals surface area contributed by atoms with Crippen LogP contribution in [0.15, 0.2) is 12.4 Å². The molecule has 0 radical (unpaired) electrons. The van der Waals surface area contributed by atoms with E-state index < -0.39 is 0 Å². The monoisotopic (exact) mass is 219 g/mol. The highest BCUT2D eigenvalue weighted by atomic mass is 15.4. The zero-order valence-corrected chi connectivity index (χ0v) is 9.94. The Hall–Kier alpha value is -1.78. The summed E-state index contributed by atoms with van der Waals surface area (Å²) in [4.78, 5) is 4.30. The Morgan fingerprint density at radius 1 is 1.38 bits per heavy atom. The summed E-state index contributed by atoms with van der Waals surface area (Å²) in [6.45, 7) is 6.86. The van der Waals surface area contributed by atoms with E-state index in [-0.39, 0.29) is 0 Å². The topological polar surface area (TPSA) is 61.7 Å². The van der Waals surface area contributed by atoms with Crippen molar-refractivity contribution in [3.05, 3.63) is 23.9 Å². The first kappa shape index (κ1) is 10.7. The summed E-state index contributed by atoms with van der Waals surface area (Å²) in [6, 6.07) is 0. The van der Waals surface area contributed by atoms with Gasteiger partial charge in [0, 0.05) is 25.4 Å². The van der Waals surface area contributed by atoms with Crippen molar-refractivity contribution in [2.24, 2.45) is 0 Å². The summed E-state index contributed by atoms with van der Waals surface area (Å²) in [5.41, 5.74) is 7.66. The number of rotatable bonds is 3. The second-order valence-electron chi connectivity index (χ2n) is 3.71. The van der Waals surface area contributed by atoms with Gasteiger partial charge in [0.15, 0.2) is 5.82 Å². The Balaban J connectivity index is 2.63. The average Bonchev–Trinajstić information content (AvgIpc) is 2.84. The van der Waals surface area contributed by atoms with E-state index in [0.717, 1.165) is 36.0 Å². The molecule has 0 fully saturated rings. The highest BCUT2D eigenvalue weighted by Gasteiger charge is 2.15. The Morgan fingerprint density at radius 3 is 2.75 bits per heavy atom. The lowest BCUT2D eigenvalue weighted by Crippen LogP contribution is -2.09. The number of aryl methyl sites for hydroxylation is 3. The van der Waals surface area contributed by atoms with Gasteiger partial charge in [-0.1, -0.05) is 6.92 Å². The molecule has 2 rings (SSSR count). The number of anilines is 1. The quantitative estimate of drug-likeness (QED) is 0.851. The van der Waals surface area contributed by atoms with Crippen molar-refractivity contribution < 1.29 is 0 Å². The number of hydrogen-bond donors (Lipinski definition) is 1. The predicted molar refractivity (Wildman–Crippen MR) is 63.6 cm³/mol. The summed E-state index contributed by atoms with van der Waals surface area (Å²) < 4.78 is 3.92. The summed E-state index contributed by atoms with van der Waals surface area (Å²) in [5, 5.41) is 4.40. The number of aromatic nitrogens is 4. The molecule has 2 aromatic heterocycles. The molecule has 2 aromatic rings. The van der Waals surface area contributed by atoms with Gasteiger partial charge in [0.05, 0.1) is 11.4 Å². The van der Waals surface area contributed by atoms with Crippen LogP contribution in [-0.4, -0.2) is 19.3 Å². The summed E-state index contributed by atoms with van der Waals surface area (Å²) in [7, 11) is 0. The van der Waals surface area contributed by atoms with Crippen LogP contribution >= 0.6 is 0 Å². The lowest BCUT2D eigenvalue weighted by atomic mass is 10.3. The van der Waals surface area contributed by atoms with E-state index in [4.69, 9.17) is 5.73 Å². The first-order valence-electron chi connectivity index (χ1n) is 5.54. The van der Waals surface area contributed by atoms with Crippen molar-refractivity contribution in [2.45, 2.75) is 33.7 Å². The van der Waals surface area contributed by atoms with Crippen molar-refractivity contribution >= 4 is 5.69 Å². The molecule has 0 spiro atoms. The minimum atomic E-state index is 0.731. The fourth-order valence-corrected chi connectivity index (χ4v) is 1.85. The van der Waals surface area contributed by atoms with Crippen LogP contribution in [0.5, 0.6) is 0 Å². The number of nitrogens with two attached hydrogens (primary N) is 1. The maximum atomic E-state index is 6.06.